The zero-order chi connectivity index (χ0) is 10.6. The second-order valence-corrected chi connectivity index (χ2v) is 4.50. The minimum atomic E-state index is -4.67. The van der Waals surface area contributed by atoms with Crippen LogP contribution in [0, 0.1) is 0 Å². The molecular formula is C6H10N2O4S2. The first-order valence-corrected chi connectivity index (χ1v) is 6.04. The van der Waals surface area contributed by atoms with E-state index in [2.05, 4.69) is 10.3 Å². The first-order valence-electron chi connectivity index (χ1n) is 3.77. The molecule has 1 aliphatic heterocycles. The van der Waals surface area contributed by atoms with Gasteiger partial charge in [-0.25, -0.2) is 4.98 Å². The zero-order valence-corrected chi connectivity index (χ0v) is 8.75. The lowest BCUT2D eigenvalue weighted by molar-refractivity contribution is 0.381. The summed E-state index contributed by atoms with van der Waals surface area (Å²) in [4.78, 5) is 4.22. The molecule has 1 aromatic heterocycles. The predicted molar refractivity (Wildman–Crippen MR) is 51.9 cm³/mol. The third kappa shape index (κ3) is 4.63. The molecule has 14 heavy (non-hydrogen) atoms. The number of rotatable bonds is 1. The third-order valence-electron chi connectivity index (χ3n) is 1.58. The Balaban J connectivity index is 0.000000171. The third-order valence-corrected chi connectivity index (χ3v) is 2.52. The van der Waals surface area contributed by atoms with Crippen LogP contribution in [0.15, 0.2) is 11.6 Å². The van der Waals surface area contributed by atoms with E-state index in [-0.39, 0.29) is 0 Å². The van der Waals surface area contributed by atoms with Gasteiger partial charge in [0.2, 0.25) is 0 Å². The van der Waals surface area contributed by atoms with E-state index in [0.717, 1.165) is 13.1 Å². The Morgan fingerprint density at radius 1 is 1.50 bits per heavy atom. The topological polar surface area (TPSA) is 99.5 Å². The van der Waals surface area contributed by atoms with Gasteiger partial charge in [0.05, 0.1) is 5.01 Å². The van der Waals surface area contributed by atoms with Gasteiger partial charge in [0, 0.05) is 30.6 Å². The van der Waals surface area contributed by atoms with Crippen LogP contribution in [0.25, 0.3) is 0 Å². The summed E-state index contributed by atoms with van der Waals surface area (Å²) in [6.45, 7) is 2.24. The SMILES string of the molecule is O=S(=O)(O)O.c1csc(C2CNC2)n1. The lowest BCUT2D eigenvalue weighted by Crippen LogP contribution is -2.39. The Hall–Kier alpha value is -0.540. The quantitative estimate of drug-likeness (QED) is 0.603. The van der Waals surface area contributed by atoms with Crippen LogP contribution in [0.5, 0.6) is 0 Å². The highest BCUT2D eigenvalue weighted by Crippen LogP contribution is 2.20. The van der Waals surface area contributed by atoms with Crippen molar-refractivity contribution in [3.8, 4) is 0 Å². The van der Waals surface area contributed by atoms with Crippen molar-refractivity contribution >= 4 is 21.7 Å². The fourth-order valence-electron chi connectivity index (χ4n) is 0.899. The fraction of sp³-hybridized carbons (Fsp3) is 0.500. The summed E-state index contributed by atoms with van der Waals surface area (Å²) in [5.74, 6) is 0.713. The second-order valence-electron chi connectivity index (χ2n) is 2.67. The summed E-state index contributed by atoms with van der Waals surface area (Å²) in [6.07, 6.45) is 1.87. The van der Waals surface area contributed by atoms with E-state index >= 15 is 0 Å². The van der Waals surface area contributed by atoms with E-state index in [1.165, 1.54) is 5.01 Å². The van der Waals surface area contributed by atoms with E-state index in [0.29, 0.717) is 5.92 Å². The molecule has 0 radical (unpaired) electrons. The van der Waals surface area contributed by atoms with Gasteiger partial charge < -0.3 is 5.32 Å². The van der Waals surface area contributed by atoms with E-state index in [1.54, 1.807) is 11.3 Å². The minimum absolute atomic E-state index is 0.713. The Bertz CT molecular complexity index is 349. The van der Waals surface area contributed by atoms with Crippen LogP contribution < -0.4 is 5.32 Å². The van der Waals surface area contributed by atoms with Crippen LogP contribution in [-0.2, 0) is 10.4 Å². The lowest BCUT2D eigenvalue weighted by Gasteiger charge is -2.24. The van der Waals surface area contributed by atoms with Gasteiger partial charge in [0.25, 0.3) is 0 Å². The summed E-state index contributed by atoms with van der Waals surface area (Å²) < 4.78 is 31.6. The number of hydrogen-bond donors (Lipinski definition) is 3. The van der Waals surface area contributed by atoms with Crippen molar-refractivity contribution in [2.24, 2.45) is 0 Å². The molecule has 1 aliphatic rings. The van der Waals surface area contributed by atoms with Gasteiger partial charge >= 0.3 is 10.4 Å². The van der Waals surface area contributed by atoms with Gasteiger partial charge in [-0.2, -0.15) is 8.42 Å². The molecule has 1 fully saturated rings. The minimum Gasteiger partial charge on any atom is -0.315 e. The molecule has 2 rings (SSSR count). The van der Waals surface area contributed by atoms with E-state index in [1.807, 2.05) is 11.6 Å². The fourth-order valence-corrected chi connectivity index (χ4v) is 1.64. The molecule has 2 heterocycles. The Morgan fingerprint density at radius 3 is 2.36 bits per heavy atom. The number of thiazole rings is 1. The van der Waals surface area contributed by atoms with Crippen molar-refractivity contribution in [3.63, 3.8) is 0 Å². The van der Waals surface area contributed by atoms with E-state index in [4.69, 9.17) is 17.5 Å². The highest BCUT2D eigenvalue weighted by Gasteiger charge is 2.20. The molecule has 0 unspecified atom stereocenters. The molecule has 0 saturated carbocycles. The molecule has 0 amide bonds. The molecule has 6 nitrogen and oxygen atoms in total. The summed E-state index contributed by atoms with van der Waals surface area (Å²) >= 11 is 1.76. The smallest absolute Gasteiger partial charge is 0.315 e. The molecule has 3 N–H and O–H groups in total. The van der Waals surface area contributed by atoms with Gasteiger partial charge in [0.1, 0.15) is 0 Å². The number of nitrogens with one attached hydrogen (secondary N) is 1. The zero-order valence-electron chi connectivity index (χ0n) is 7.12. The van der Waals surface area contributed by atoms with Gasteiger partial charge in [-0.15, -0.1) is 11.3 Å². The maximum Gasteiger partial charge on any atom is 0.394 e. The average Bonchev–Trinajstić information content (AvgIpc) is 2.30. The van der Waals surface area contributed by atoms with Crippen LogP contribution in [-0.4, -0.2) is 35.6 Å². The second kappa shape index (κ2) is 4.80. The molecule has 1 saturated heterocycles. The van der Waals surface area contributed by atoms with E-state index in [9.17, 15) is 0 Å². The van der Waals surface area contributed by atoms with Crippen LogP contribution in [0.2, 0.25) is 0 Å². The number of aromatic nitrogens is 1. The van der Waals surface area contributed by atoms with Crippen molar-refractivity contribution in [1.82, 2.24) is 10.3 Å². The normalized spacial score (nSPS) is 16.7. The molecular weight excluding hydrogens is 228 g/mol. The molecule has 1 aromatic rings. The van der Waals surface area contributed by atoms with Gasteiger partial charge in [-0.05, 0) is 0 Å². The summed E-state index contributed by atoms with van der Waals surface area (Å²) in [7, 11) is -4.67. The molecule has 0 aliphatic carbocycles. The Kier molecular flexibility index (Phi) is 3.96. The van der Waals surface area contributed by atoms with Crippen molar-refractivity contribution in [3.05, 3.63) is 16.6 Å². The largest absolute Gasteiger partial charge is 0.394 e. The average molecular weight is 238 g/mol. The number of hydrogen-bond acceptors (Lipinski definition) is 5. The Labute approximate surface area is 85.6 Å². The van der Waals surface area contributed by atoms with Crippen molar-refractivity contribution in [2.75, 3.05) is 13.1 Å². The van der Waals surface area contributed by atoms with Crippen molar-refractivity contribution in [2.45, 2.75) is 5.92 Å². The summed E-state index contributed by atoms with van der Waals surface area (Å²) in [6, 6.07) is 0. The van der Waals surface area contributed by atoms with Gasteiger partial charge in [-0.3, -0.25) is 9.11 Å². The first kappa shape index (κ1) is 11.5. The van der Waals surface area contributed by atoms with Crippen molar-refractivity contribution in [1.29, 1.82) is 0 Å². The van der Waals surface area contributed by atoms with Crippen LogP contribution in [0.4, 0.5) is 0 Å². The lowest BCUT2D eigenvalue weighted by atomic mass is 10.1. The number of nitrogens with zero attached hydrogens (tertiary/aromatic N) is 1. The van der Waals surface area contributed by atoms with Gasteiger partial charge in [0.15, 0.2) is 0 Å². The maximum absolute atomic E-state index is 8.74. The predicted octanol–water partition coefficient (Wildman–Crippen LogP) is 0.177. The molecule has 0 bridgehead atoms. The summed E-state index contributed by atoms with van der Waals surface area (Å²) in [5, 5.41) is 6.54. The molecule has 0 atom stereocenters. The molecule has 0 spiro atoms. The molecule has 8 heteroatoms. The maximum atomic E-state index is 8.74. The van der Waals surface area contributed by atoms with Crippen LogP contribution >= 0.6 is 11.3 Å². The first-order chi connectivity index (χ1) is 6.47. The molecule has 0 aromatic carbocycles. The van der Waals surface area contributed by atoms with E-state index < -0.39 is 10.4 Å². The summed E-state index contributed by atoms with van der Waals surface area (Å²) in [5.41, 5.74) is 0. The standard InChI is InChI=1S/C6H8N2S.H2O4S/c1-2-9-6(8-1)5-3-7-4-5;1-5(2,3)4/h1-2,5,7H,3-4H2;(H2,1,2,3,4). The van der Waals surface area contributed by atoms with Crippen LogP contribution in [0.1, 0.15) is 10.9 Å². The van der Waals surface area contributed by atoms with Crippen molar-refractivity contribution < 1.29 is 17.5 Å². The Morgan fingerprint density at radius 2 is 2.07 bits per heavy atom. The monoisotopic (exact) mass is 238 g/mol. The molecule has 80 valence electrons. The highest BCUT2D eigenvalue weighted by atomic mass is 32.3. The highest BCUT2D eigenvalue weighted by molar-refractivity contribution is 7.79. The van der Waals surface area contributed by atoms with Gasteiger partial charge in [-0.1, -0.05) is 0 Å². The van der Waals surface area contributed by atoms with Crippen LogP contribution in [0.3, 0.4) is 0 Å².